The highest BCUT2D eigenvalue weighted by Crippen LogP contribution is 1.86. The molecule has 0 saturated heterocycles. The minimum atomic E-state index is 0.122. The zero-order chi connectivity index (χ0) is 6.69. The topological polar surface area (TPSA) is 92.5 Å². The predicted octanol–water partition coefficient (Wildman–Crippen LogP) is -1.14. The molecule has 1 rings (SSSR count). The molecule has 0 spiro atoms. The average molecular weight is 144 g/mol. The van der Waals surface area contributed by atoms with E-state index in [1.54, 1.807) is 0 Å². The number of nitrogens with one attached hydrogen (secondary N) is 2. The molecule has 0 aliphatic heterocycles. The minimum absolute atomic E-state index is 0.122. The van der Waals surface area contributed by atoms with Crippen LogP contribution in [-0.4, -0.2) is 25.7 Å². The number of anilines is 1. The van der Waals surface area contributed by atoms with Gasteiger partial charge in [-0.15, -0.1) is 5.10 Å². The van der Waals surface area contributed by atoms with Gasteiger partial charge in [-0.3, -0.25) is 5.32 Å². The van der Waals surface area contributed by atoms with Crippen LogP contribution in [0.15, 0.2) is 0 Å². The summed E-state index contributed by atoms with van der Waals surface area (Å²) in [5, 5.41) is 15.1. The number of nitrogens with zero attached hydrogens (tertiary/aromatic N) is 3. The number of hydrogen-bond acceptors (Lipinski definition) is 4. The largest absolute Gasteiger partial charge is 0.376 e. The molecular weight excluding hydrogens is 140 g/mol. The lowest BCUT2D eigenvalue weighted by atomic mass is 10.9. The third-order valence-corrected chi connectivity index (χ3v) is 0.682. The van der Waals surface area contributed by atoms with Crippen molar-refractivity contribution in [2.24, 2.45) is 5.73 Å². The normalized spacial score (nSPS) is 8.89. The monoisotopic (exact) mass is 144 g/mol. The van der Waals surface area contributed by atoms with Crippen molar-refractivity contribution >= 4 is 23.3 Å². The first-order valence-corrected chi connectivity index (χ1v) is 2.50. The number of thiocarbonyl (C=S) groups is 1. The van der Waals surface area contributed by atoms with Gasteiger partial charge in [0, 0.05) is 0 Å². The summed E-state index contributed by atoms with van der Waals surface area (Å²) in [4.78, 5) is 0. The molecule has 0 amide bonds. The van der Waals surface area contributed by atoms with Crippen LogP contribution in [0.25, 0.3) is 0 Å². The third-order valence-electron chi connectivity index (χ3n) is 0.580. The van der Waals surface area contributed by atoms with Crippen LogP contribution < -0.4 is 11.1 Å². The smallest absolute Gasteiger partial charge is 0.269 e. The fourth-order valence-electron chi connectivity index (χ4n) is 0.325. The van der Waals surface area contributed by atoms with Crippen molar-refractivity contribution in [1.29, 1.82) is 0 Å². The van der Waals surface area contributed by atoms with E-state index in [1.807, 2.05) is 0 Å². The predicted molar refractivity (Wildman–Crippen MR) is 34.6 cm³/mol. The highest BCUT2D eigenvalue weighted by atomic mass is 32.1. The van der Waals surface area contributed by atoms with E-state index in [0.717, 1.165) is 0 Å². The zero-order valence-electron chi connectivity index (χ0n) is 4.33. The van der Waals surface area contributed by atoms with Crippen molar-refractivity contribution < 1.29 is 0 Å². The highest BCUT2D eigenvalue weighted by Gasteiger charge is 1.94. The first-order valence-electron chi connectivity index (χ1n) is 2.09. The van der Waals surface area contributed by atoms with E-state index >= 15 is 0 Å². The van der Waals surface area contributed by atoms with Crippen molar-refractivity contribution in [2.75, 3.05) is 5.32 Å². The molecule has 1 aromatic rings. The van der Waals surface area contributed by atoms with Gasteiger partial charge in [-0.25, -0.2) is 0 Å². The van der Waals surface area contributed by atoms with E-state index in [9.17, 15) is 0 Å². The van der Waals surface area contributed by atoms with E-state index in [0.29, 0.717) is 0 Å². The summed E-state index contributed by atoms with van der Waals surface area (Å²) in [5.74, 6) is 0.280. The molecule has 9 heavy (non-hydrogen) atoms. The van der Waals surface area contributed by atoms with Gasteiger partial charge in [-0.05, 0) is 17.4 Å². The van der Waals surface area contributed by atoms with Crippen molar-refractivity contribution in [1.82, 2.24) is 20.6 Å². The number of nitrogens with two attached hydrogens (primary N) is 1. The van der Waals surface area contributed by atoms with Crippen LogP contribution in [-0.2, 0) is 0 Å². The van der Waals surface area contributed by atoms with Gasteiger partial charge in [0.2, 0.25) is 0 Å². The summed E-state index contributed by atoms with van der Waals surface area (Å²) < 4.78 is 0. The third kappa shape index (κ3) is 1.61. The molecule has 0 aliphatic carbocycles. The molecule has 1 heterocycles. The molecule has 6 nitrogen and oxygen atoms in total. The number of H-pyrrole nitrogens is 1. The molecule has 0 aromatic carbocycles. The van der Waals surface area contributed by atoms with Crippen LogP contribution in [0.3, 0.4) is 0 Å². The fourth-order valence-corrected chi connectivity index (χ4v) is 0.416. The van der Waals surface area contributed by atoms with Gasteiger partial charge < -0.3 is 5.73 Å². The lowest BCUT2D eigenvalue weighted by molar-refractivity contribution is 0.881. The van der Waals surface area contributed by atoms with Crippen molar-refractivity contribution in [3.63, 3.8) is 0 Å². The summed E-state index contributed by atoms with van der Waals surface area (Å²) in [7, 11) is 0. The summed E-state index contributed by atoms with van der Waals surface area (Å²) in [6, 6.07) is 0. The Bertz CT molecular complexity index is 191. The Hall–Kier alpha value is -1.24. The van der Waals surface area contributed by atoms with Crippen LogP contribution in [0.1, 0.15) is 0 Å². The van der Waals surface area contributed by atoms with Gasteiger partial charge in [-0.1, -0.05) is 5.10 Å². The van der Waals surface area contributed by atoms with Crippen molar-refractivity contribution in [2.45, 2.75) is 0 Å². The van der Waals surface area contributed by atoms with Crippen LogP contribution in [0, 0.1) is 0 Å². The summed E-state index contributed by atoms with van der Waals surface area (Å²) in [6.45, 7) is 0. The molecule has 0 radical (unpaired) electrons. The van der Waals surface area contributed by atoms with Crippen molar-refractivity contribution in [3.05, 3.63) is 0 Å². The molecular formula is C2H4N6S. The van der Waals surface area contributed by atoms with Crippen LogP contribution >= 0.6 is 12.2 Å². The summed E-state index contributed by atoms with van der Waals surface area (Å²) >= 11 is 4.49. The SMILES string of the molecule is NC(=S)Nc1nn[nH]n1. The van der Waals surface area contributed by atoms with E-state index < -0.39 is 0 Å². The fraction of sp³-hybridized carbons (Fsp3) is 0. The number of hydrogen-bond donors (Lipinski definition) is 3. The maximum Gasteiger partial charge on any atom is 0.269 e. The Morgan fingerprint density at radius 1 is 1.78 bits per heavy atom. The Kier molecular flexibility index (Phi) is 1.54. The molecule has 1 aromatic heterocycles. The first kappa shape index (κ1) is 5.89. The number of aromatic amines is 1. The van der Waals surface area contributed by atoms with Crippen molar-refractivity contribution in [3.8, 4) is 0 Å². The van der Waals surface area contributed by atoms with E-state index in [4.69, 9.17) is 5.73 Å². The lowest BCUT2D eigenvalue weighted by Gasteiger charge is -1.91. The van der Waals surface area contributed by atoms with Crippen LogP contribution in [0.2, 0.25) is 0 Å². The molecule has 0 unspecified atom stereocenters. The number of aromatic nitrogens is 4. The van der Waals surface area contributed by atoms with Gasteiger partial charge >= 0.3 is 0 Å². The molecule has 0 aliphatic rings. The average Bonchev–Trinajstić information content (AvgIpc) is 2.15. The Morgan fingerprint density at radius 2 is 2.56 bits per heavy atom. The lowest BCUT2D eigenvalue weighted by Crippen LogP contribution is -2.19. The first-order chi connectivity index (χ1) is 4.29. The van der Waals surface area contributed by atoms with Gasteiger partial charge in [-0.2, -0.15) is 5.21 Å². The second-order valence-electron chi connectivity index (χ2n) is 1.22. The van der Waals surface area contributed by atoms with E-state index in [2.05, 4.69) is 38.2 Å². The van der Waals surface area contributed by atoms with E-state index in [-0.39, 0.29) is 11.1 Å². The molecule has 0 bridgehead atoms. The zero-order valence-corrected chi connectivity index (χ0v) is 5.14. The molecule has 4 N–H and O–H groups in total. The molecule has 7 heteroatoms. The maximum atomic E-state index is 5.08. The second kappa shape index (κ2) is 2.35. The number of rotatable bonds is 1. The molecule has 0 atom stereocenters. The minimum Gasteiger partial charge on any atom is -0.376 e. The maximum absolute atomic E-state index is 5.08. The Labute approximate surface area is 55.8 Å². The summed E-state index contributed by atoms with van der Waals surface area (Å²) in [6.07, 6.45) is 0. The Balaban J connectivity index is 2.58. The van der Waals surface area contributed by atoms with Gasteiger partial charge in [0.05, 0.1) is 0 Å². The number of tetrazole rings is 1. The second-order valence-corrected chi connectivity index (χ2v) is 1.66. The quantitative estimate of drug-likeness (QED) is 0.431. The van der Waals surface area contributed by atoms with Gasteiger partial charge in [0.1, 0.15) is 0 Å². The molecule has 48 valence electrons. The van der Waals surface area contributed by atoms with Gasteiger partial charge in [0.15, 0.2) is 5.11 Å². The van der Waals surface area contributed by atoms with Gasteiger partial charge in [0.25, 0.3) is 5.95 Å². The summed E-state index contributed by atoms with van der Waals surface area (Å²) in [5.41, 5.74) is 5.08. The standard InChI is InChI=1S/C2H4N6S/c3-1(9)4-2-5-7-8-6-2/h(H4,3,4,5,6,7,8,9). The van der Waals surface area contributed by atoms with Crippen LogP contribution in [0.5, 0.6) is 0 Å². The molecule has 0 saturated carbocycles. The molecule has 0 fully saturated rings. The van der Waals surface area contributed by atoms with E-state index in [1.165, 1.54) is 0 Å². The Morgan fingerprint density at radius 3 is 3.00 bits per heavy atom. The highest BCUT2D eigenvalue weighted by molar-refractivity contribution is 7.80. The van der Waals surface area contributed by atoms with Crippen LogP contribution in [0.4, 0.5) is 5.95 Å².